The van der Waals surface area contributed by atoms with E-state index in [2.05, 4.69) is 15.5 Å². The number of aromatic nitrogens is 3. The van der Waals surface area contributed by atoms with Crippen molar-refractivity contribution >= 4 is 17.7 Å². The third kappa shape index (κ3) is 7.30. The number of para-hydroxylation sites is 1. The smallest absolute Gasteiger partial charge is 0.220 e. The average Bonchev–Trinajstić information content (AvgIpc) is 3.22. The molecular weight excluding hydrogens is 443 g/mol. The van der Waals surface area contributed by atoms with Gasteiger partial charge < -0.3 is 19.4 Å². The number of rotatable bonds is 13. The minimum atomic E-state index is -0.234. The number of carbonyl (C=O) groups is 1. The molecule has 1 heterocycles. The number of hydrogen-bond donors (Lipinski definition) is 1. The molecule has 0 aliphatic carbocycles. The van der Waals surface area contributed by atoms with Gasteiger partial charge in [-0.3, -0.25) is 4.79 Å². The number of nitrogens with zero attached hydrogens (tertiary/aromatic N) is 3. The molecule has 0 saturated carbocycles. The number of methoxy groups -OCH3 is 2. The fourth-order valence-corrected chi connectivity index (χ4v) is 4.29. The highest BCUT2D eigenvalue weighted by atomic mass is 32.2. The molecule has 0 bridgehead atoms. The lowest BCUT2D eigenvalue weighted by atomic mass is 10.2. The summed E-state index contributed by atoms with van der Waals surface area (Å²) >= 11 is 1.43. The molecule has 9 heteroatoms. The number of carbonyl (C=O) groups excluding carboxylic acids is 1. The first-order chi connectivity index (χ1) is 16.1. The maximum atomic E-state index is 14.0. The zero-order chi connectivity index (χ0) is 23.5. The molecule has 1 amide bonds. The molecule has 0 spiro atoms. The van der Waals surface area contributed by atoms with E-state index in [1.165, 1.54) is 17.8 Å². The van der Waals surface area contributed by atoms with E-state index < -0.39 is 0 Å². The first kappa shape index (κ1) is 24.7. The number of nitrogens with one attached hydrogen (secondary N) is 1. The lowest BCUT2D eigenvalue weighted by Crippen LogP contribution is -2.23. The second-order valence-corrected chi connectivity index (χ2v) is 8.31. The summed E-state index contributed by atoms with van der Waals surface area (Å²) in [6.45, 7) is 1.67. The zero-order valence-corrected chi connectivity index (χ0v) is 19.7. The highest BCUT2D eigenvalue weighted by Gasteiger charge is 2.15. The van der Waals surface area contributed by atoms with Crippen molar-refractivity contribution in [1.29, 1.82) is 0 Å². The molecule has 0 fully saturated rings. The molecule has 0 aliphatic heterocycles. The summed E-state index contributed by atoms with van der Waals surface area (Å²) in [6.07, 6.45) is 1.53. The van der Waals surface area contributed by atoms with E-state index in [4.69, 9.17) is 9.47 Å². The van der Waals surface area contributed by atoms with E-state index in [0.29, 0.717) is 42.6 Å². The van der Waals surface area contributed by atoms with E-state index in [0.717, 1.165) is 23.6 Å². The highest BCUT2D eigenvalue weighted by Crippen LogP contribution is 2.24. The van der Waals surface area contributed by atoms with Gasteiger partial charge in [-0.15, -0.1) is 10.2 Å². The molecule has 0 unspecified atom stereocenters. The van der Waals surface area contributed by atoms with E-state index in [1.807, 2.05) is 34.9 Å². The second kappa shape index (κ2) is 13.0. The van der Waals surface area contributed by atoms with Crippen LogP contribution in [0.15, 0.2) is 53.7 Å². The second-order valence-electron chi connectivity index (χ2n) is 7.37. The molecule has 1 N–H and O–H groups in total. The SMILES string of the molecule is COCCCn1c(CCC(=O)NCc2ccccc2OC)nnc1SCc1ccccc1F. The third-order valence-electron chi connectivity index (χ3n) is 5.08. The molecule has 0 aliphatic rings. The van der Waals surface area contributed by atoms with Crippen LogP contribution in [0, 0.1) is 5.82 Å². The maximum Gasteiger partial charge on any atom is 0.220 e. The van der Waals surface area contributed by atoms with E-state index in [1.54, 1.807) is 26.4 Å². The minimum absolute atomic E-state index is 0.0760. The molecular formula is C24H29FN4O3S. The van der Waals surface area contributed by atoms with Crippen LogP contribution < -0.4 is 10.1 Å². The van der Waals surface area contributed by atoms with Gasteiger partial charge in [0.15, 0.2) is 5.16 Å². The first-order valence-corrected chi connectivity index (χ1v) is 11.8. The third-order valence-corrected chi connectivity index (χ3v) is 6.10. The Morgan fingerprint density at radius 1 is 1.09 bits per heavy atom. The van der Waals surface area contributed by atoms with Gasteiger partial charge in [0.25, 0.3) is 0 Å². The highest BCUT2D eigenvalue weighted by molar-refractivity contribution is 7.98. The summed E-state index contributed by atoms with van der Waals surface area (Å²) in [6, 6.07) is 14.3. The molecule has 176 valence electrons. The topological polar surface area (TPSA) is 78.3 Å². The van der Waals surface area contributed by atoms with Gasteiger partial charge in [0.2, 0.25) is 5.91 Å². The van der Waals surface area contributed by atoms with Crippen molar-refractivity contribution in [2.24, 2.45) is 0 Å². The Morgan fingerprint density at radius 2 is 1.85 bits per heavy atom. The van der Waals surface area contributed by atoms with Crippen molar-refractivity contribution in [2.45, 2.75) is 43.3 Å². The number of thioether (sulfide) groups is 1. The fourth-order valence-electron chi connectivity index (χ4n) is 3.32. The van der Waals surface area contributed by atoms with Gasteiger partial charge in [-0.2, -0.15) is 0 Å². The van der Waals surface area contributed by atoms with Crippen molar-refractivity contribution in [3.05, 3.63) is 71.3 Å². The summed E-state index contributed by atoms with van der Waals surface area (Å²) in [5.41, 5.74) is 1.54. The summed E-state index contributed by atoms with van der Waals surface area (Å²) in [7, 11) is 3.27. The molecule has 0 saturated heterocycles. The Morgan fingerprint density at radius 3 is 2.61 bits per heavy atom. The molecule has 2 aromatic carbocycles. The van der Waals surface area contributed by atoms with Crippen molar-refractivity contribution < 1.29 is 18.7 Å². The molecule has 0 atom stereocenters. The van der Waals surface area contributed by atoms with Gasteiger partial charge in [-0.05, 0) is 24.1 Å². The largest absolute Gasteiger partial charge is 0.496 e. The Kier molecular flexibility index (Phi) is 9.71. The van der Waals surface area contributed by atoms with Crippen LogP contribution in [0.5, 0.6) is 5.75 Å². The minimum Gasteiger partial charge on any atom is -0.496 e. The summed E-state index contributed by atoms with van der Waals surface area (Å²) < 4.78 is 26.5. The molecule has 3 aromatic rings. The van der Waals surface area contributed by atoms with Crippen molar-refractivity contribution in [3.8, 4) is 5.75 Å². The van der Waals surface area contributed by atoms with Crippen LogP contribution in [0.3, 0.4) is 0 Å². The Balaban J connectivity index is 1.60. The van der Waals surface area contributed by atoms with E-state index in [-0.39, 0.29) is 18.1 Å². The van der Waals surface area contributed by atoms with Gasteiger partial charge in [0.05, 0.1) is 7.11 Å². The molecule has 7 nitrogen and oxygen atoms in total. The average molecular weight is 473 g/mol. The number of aryl methyl sites for hydroxylation is 1. The zero-order valence-electron chi connectivity index (χ0n) is 18.9. The molecule has 3 rings (SSSR count). The monoisotopic (exact) mass is 472 g/mol. The summed E-state index contributed by atoms with van der Waals surface area (Å²) in [4.78, 5) is 12.4. The van der Waals surface area contributed by atoms with Crippen molar-refractivity contribution in [3.63, 3.8) is 0 Å². The predicted molar refractivity (Wildman–Crippen MR) is 126 cm³/mol. The van der Waals surface area contributed by atoms with Crippen LogP contribution in [-0.4, -0.2) is 41.5 Å². The normalized spacial score (nSPS) is 10.9. The number of halogens is 1. The number of hydrogen-bond acceptors (Lipinski definition) is 6. The lowest BCUT2D eigenvalue weighted by molar-refractivity contribution is -0.121. The standard InChI is InChI=1S/C24H29FN4O3S/c1-31-15-7-14-29-22(27-28-24(29)33-17-19-9-3-5-10-20(19)25)12-13-23(30)26-16-18-8-4-6-11-21(18)32-2/h3-6,8-11H,7,12-17H2,1-2H3,(H,26,30). The van der Waals surface area contributed by atoms with Crippen LogP contribution in [-0.2, 0) is 34.8 Å². The molecule has 1 aromatic heterocycles. The van der Waals surface area contributed by atoms with E-state index in [9.17, 15) is 9.18 Å². The van der Waals surface area contributed by atoms with Crippen molar-refractivity contribution in [1.82, 2.24) is 20.1 Å². The van der Waals surface area contributed by atoms with Crippen LogP contribution in [0.25, 0.3) is 0 Å². The first-order valence-electron chi connectivity index (χ1n) is 10.8. The predicted octanol–water partition coefficient (Wildman–Crippen LogP) is 4.00. The Labute approximate surface area is 197 Å². The van der Waals surface area contributed by atoms with Crippen LogP contribution in [0.4, 0.5) is 4.39 Å². The lowest BCUT2D eigenvalue weighted by Gasteiger charge is -2.11. The summed E-state index contributed by atoms with van der Waals surface area (Å²) in [5.74, 6) is 1.62. The molecule has 33 heavy (non-hydrogen) atoms. The number of ether oxygens (including phenoxy) is 2. The fraction of sp³-hybridized carbons (Fsp3) is 0.375. The van der Waals surface area contributed by atoms with Gasteiger partial charge in [0.1, 0.15) is 17.4 Å². The van der Waals surface area contributed by atoms with Crippen LogP contribution in [0.2, 0.25) is 0 Å². The Hall–Kier alpha value is -2.91. The van der Waals surface area contributed by atoms with E-state index >= 15 is 0 Å². The van der Waals surface area contributed by atoms with Crippen molar-refractivity contribution in [2.75, 3.05) is 20.8 Å². The van der Waals surface area contributed by atoms with Gasteiger partial charge in [-0.25, -0.2) is 4.39 Å². The molecule has 0 radical (unpaired) electrons. The Bertz CT molecular complexity index is 1040. The number of benzene rings is 2. The number of amides is 1. The van der Waals surface area contributed by atoms with Gasteiger partial charge in [-0.1, -0.05) is 48.2 Å². The maximum absolute atomic E-state index is 14.0. The van der Waals surface area contributed by atoms with Crippen LogP contribution in [0.1, 0.15) is 29.8 Å². The van der Waals surface area contributed by atoms with Gasteiger partial charge >= 0.3 is 0 Å². The quantitative estimate of drug-likeness (QED) is 0.299. The van der Waals surface area contributed by atoms with Crippen LogP contribution >= 0.6 is 11.8 Å². The van der Waals surface area contributed by atoms with Gasteiger partial charge in [0, 0.05) is 51.0 Å². The summed E-state index contributed by atoms with van der Waals surface area (Å²) in [5, 5.41) is 12.2.